The summed E-state index contributed by atoms with van der Waals surface area (Å²) in [4.78, 5) is 0. The van der Waals surface area contributed by atoms with Gasteiger partial charge in [0, 0.05) is 0 Å². The molecular formula is C14H28F3GeN3Zr. The van der Waals surface area contributed by atoms with Crippen LogP contribution in [0, 0.1) is 6.08 Å². The molecule has 0 saturated carbocycles. The van der Waals surface area contributed by atoms with Crippen molar-refractivity contribution in [3.05, 3.63) is 38.6 Å². The molecule has 0 aliphatic heterocycles. The van der Waals surface area contributed by atoms with Crippen molar-refractivity contribution in [1.29, 1.82) is 0 Å². The van der Waals surface area contributed by atoms with Gasteiger partial charge in [-0.15, -0.1) is 0 Å². The van der Waals surface area contributed by atoms with Crippen LogP contribution in [0.1, 0.15) is 27.2 Å². The summed E-state index contributed by atoms with van der Waals surface area (Å²) in [6, 6.07) is 0. The van der Waals surface area contributed by atoms with E-state index in [0.717, 1.165) is 25.7 Å². The first-order valence-electron chi connectivity index (χ1n) is 6.86. The number of nitrogens with zero attached hydrogens (tertiary/aromatic N) is 3. The van der Waals surface area contributed by atoms with Crippen molar-refractivity contribution in [3.8, 4) is 0 Å². The van der Waals surface area contributed by atoms with Crippen molar-refractivity contribution in [1.82, 2.24) is 0 Å². The molecule has 0 unspecified atom stereocenters. The van der Waals surface area contributed by atoms with Crippen LogP contribution in [-0.2, 0) is 26.2 Å². The zero-order valence-electron chi connectivity index (χ0n) is 14.5. The fourth-order valence-corrected chi connectivity index (χ4v) is 1.88. The van der Waals surface area contributed by atoms with E-state index >= 15 is 0 Å². The summed E-state index contributed by atoms with van der Waals surface area (Å²) in [7, 11) is 5.42. The Hall–Kier alpha value is 0.576. The molecule has 128 valence electrons. The molecule has 0 radical (unpaired) electrons. The topological polar surface area (TPSA) is 42.3 Å². The number of allylic oxidation sites excluding steroid dienone is 4. The minimum Gasteiger partial charge on any atom is 4.00 e. The summed E-state index contributed by atoms with van der Waals surface area (Å²) in [5.74, 6) is 0. The zero-order valence-corrected chi connectivity index (χ0v) is 19.0. The normalized spacial score (nSPS) is 11.6. The van der Waals surface area contributed by atoms with Crippen LogP contribution in [0.3, 0.4) is 0 Å². The largest absolute Gasteiger partial charge is 4.00 e. The first kappa shape index (κ1) is 30.5. The average molecular weight is 459 g/mol. The van der Waals surface area contributed by atoms with Gasteiger partial charge in [0.2, 0.25) is 0 Å². The Kier molecular flexibility index (Phi) is 33.0. The molecule has 0 aromatic carbocycles. The molecule has 0 amide bonds. The SMILES string of the molecule is CC[N-]C.CC[N-]C.CC[N-]C.[F][Ge]([F])([F])[C]1=[C-]CC=C1.[Zr+4]. The minimum atomic E-state index is -5.96. The van der Waals surface area contributed by atoms with Crippen LogP contribution < -0.4 is 0 Å². The summed E-state index contributed by atoms with van der Waals surface area (Å²) in [5.41, 5.74) is 0. The Labute approximate surface area is 157 Å². The van der Waals surface area contributed by atoms with Crippen LogP contribution in [-0.4, -0.2) is 55.4 Å². The van der Waals surface area contributed by atoms with Gasteiger partial charge in [-0.1, -0.05) is 20.8 Å². The van der Waals surface area contributed by atoms with Gasteiger partial charge in [-0.2, -0.15) is 40.8 Å². The summed E-state index contributed by atoms with van der Waals surface area (Å²) in [6.45, 7) is 8.88. The Morgan fingerprint density at radius 1 is 0.955 bits per heavy atom. The van der Waals surface area contributed by atoms with Gasteiger partial charge in [-0.3, -0.25) is 0 Å². The maximum absolute atomic E-state index is 11.8. The molecule has 0 spiro atoms. The van der Waals surface area contributed by atoms with Crippen molar-refractivity contribution >= 4 is 14.7 Å². The first-order valence-corrected chi connectivity index (χ1v) is 10.3. The van der Waals surface area contributed by atoms with E-state index in [1.54, 1.807) is 21.1 Å². The molecule has 22 heavy (non-hydrogen) atoms. The predicted molar refractivity (Wildman–Crippen MR) is 89.1 cm³/mol. The van der Waals surface area contributed by atoms with Gasteiger partial charge in [-0.25, -0.2) is 0 Å². The molecule has 0 N–H and O–H groups in total. The van der Waals surface area contributed by atoms with Gasteiger partial charge in [0.25, 0.3) is 0 Å². The standard InChI is InChI=1S/C5H4F3Ge.3C3H8N.Zr/c6-9(7,8)5-3-1-2-4-5;3*1-3-4-2;/h1,3H,2H2;3*3H2,1-2H3;/q4*-1;+4. The second kappa shape index (κ2) is 23.8. The maximum atomic E-state index is 11.8. The van der Waals surface area contributed by atoms with Gasteiger partial charge in [0.1, 0.15) is 0 Å². The molecule has 0 heterocycles. The molecule has 0 aromatic rings. The molecule has 0 bridgehead atoms. The van der Waals surface area contributed by atoms with Crippen LogP contribution in [0.4, 0.5) is 10.5 Å². The Morgan fingerprint density at radius 2 is 1.27 bits per heavy atom. The fourth-order valence-electron chi connectivity index (χ4n) is 0.599. The molecule has 0 saturated heterocycles. The third kappa shape index (κ3) is 28.7. The molecule has 0 fully saturated rings. The Balaban J connectivity index is -0.000000107. The van der Waals surface area contributed by atoms with Crippen LogP contribution in [0.15, 0.2) is 16.6 Å². The summed E-state index contributed by atoms with van der Waals surface area (Å²) in [6.07, 6.45) is 5.20. The van der Waals surface area contributed by atoms with E-state index in [0.29, 0.717) is 6.42 Å². The molecule has 1 aliphatic carbocycles. The van der Waals surface area contributed by atoms with Gasteiger partial charge < -0.3 is 16.0 Å². The van der Waals surface area contributed by atoms with Crippen LogP contribution in [0.25, 0.3) is 16.0 Å². The molecule has 3 nitrogen and oxygen atoms in total. The number of hydrogen-bond donors (Lipinski definition) is 0. The molecule has 1 rings (SSSR count). The second-order valence-corrected chi connectivity index (χ2v) is 6.81. The molecule has 8 heteroatoms. The first-order chi connectivity index (χ1) is 9.85. The maximum Gasteiger partial charge on any atom is 4.00 e. The molecule has 1 aliphatic rings. The van der Waals surface area contributed by atoms with Gasteiger partial charge in [-0.05, 0) is 0 Å². The number of hydrogen-bond acceptors (Lipinski definition) is 0. The van der Waals surface area contributed by atoms with Gasteiger partial charge in [0.05, 0.1) is 0 Å². The Bertz CT molecular complexity index is 245. The van der Waals surface area contributed by atoms with E-state index in [9.17, 15) is 10.5 Å². The van der Waals surface area contributed by atoms with E-state index in [4.69, 9.17) is 0 Å². The average Bonchev–Trinajstić information content (AvgIpc) is 3.02. The zero-order chi connectivity index (χ0) is 17.1. The third-order valence-electron chi connectivity index (χ3n) is 1.95. The Morgan fingerprint density at radius 3 is 1.36 bits per heavy atom. The van der Waals surface area contributed by atoms with Gasteiger partial charge >= 0.3 is 80.4 Å². The monoisotopic (exact) mass is 459 g/mol. The van der Waals surface area contributed by atoms with E-state index < -0.39 is 19.1 Å². The smallest absolute Gasteiger partial charge is 4.00 e. The van der Waals surface area contributed by atoms with Crippen molar-refractivity contribution < 1.29 is 36.7 Å². The van der Waals surface area contributed by atoms with Crippen LogP contribution >= 0.6 is 0 Å². The molecule has 0 atom stereocenters. The number of halogens is 3. The van der Waals surface area contributed by atoms with E-state index in [-0.39, 0.29) is 26.2 Å². The third-order valence-corrected chi connectivity index (χ3v) is 3.95. The van der Waals surface area contributed by atoms with Crippen molar-refractivity contribution in [3.63, 3.8) is 0 Å². The van der Waals surface area contributed by atoms with E-state index in [2.05, 4.69) is 22.0 Å². The van der Waals surface area contributed by atoms with E-state index in [1.807, 2.05) is 20.8 Å². The second-order valence-electron chi connectivity index (χ2n) is 3.59. The van der Waals surface area contributed by atoms with E-state index in [1.165, 1.54) is 6.08 Å². The fraction of sp³-hybridized carbons (Fsp3) is 0.714. The van der Waals surface area contributed by atoms with Crippen molar-refractivity contribution in [2.75, 3.05) is 40.8 Å². The predicted octanol–water partition coefficient (Wildman–Crippen LogP) is 5.09. The quantitative estimate of drug-likeness (QED) is 0.416. The van der Waals surface area contributed by atoms with Gasteiger partial charge in [0.15, 0.2) is 0 Å². The summed E-state index contributed by atoms with van der Waals surface area (Å²) >= 11 is -5.96. The summed E-state index contributed by atoms with van der Waals surface area (Å²) in [5, 5.41) is 11.2. The van der Waals surface area contributed by atoms with Crippen molar-refractivity contribution in [2.24, 2.45) is 0 Å². The molecular weight excluding hydrogens is 431 g/mol. The van der Waals surface area contributed by atoms with Crippen molar-refractivity contribution in [2.45, 2.75) is 27.2 Å². The molecule has 0 aromatic heterocycles. The van der Waals surface area contributed by atoms with Crippen LogP contribution in [0.5, 0.6) is 0 Å². The minimum absolute atomic E-state index is 0. The summed E-state index contributed by atoms with van der Waals surface area (Å²) < 4.78 is 34.9. The number of rotatable bonds is 4. The van der Waals surface area contributed by atoms with Crippen LogP contribution in [0.2, 0.25) is 0 Å².